The number of ether oxygens (including phenoxy) is 2. The first-order valence-corrected chi connectivity index (χ1v) is 8.56. The fourth-order valence-electron chi connectivity index (χ4n) is 2.70. The number of benzene rings is 2. The largest absolute Gasteiger partial charge is 0.463 e. The first-order valence-electron chi connectivity index (χ1n) is 8.18. The van der Waals surface area contributed by atoms with Crippen molar-refractivity contribution in [1.29, 1.82) is 0 Å². The van der Waals surface area contributed by atoms with E-state index in [1.54, 1.807) is 12.3 Å². The van der Waals surface area contributed by atoms with Crippen molar-refractivity contribution >= 4 is 33.9 Å². The van der Waals surface area contributed by atoms with E-state index in [1.165, 1.54) is 18.5 Å². The van der Waals surface area contributed by atoms with E-state index >= 15 is 0 Å². The van der Waals surface area contributed by atoms with Crippen molar-refractivity contribution in [1.82, 2.24) is 9.97 Å². The topological polar surface area (TPSA) is 68.3 Å². The molecule has 2 aromatic carbocycles. The van der Waals surface area contributed by atoms with Crippen LogP contribution in [0.2, 0.25) is 5.02 Å². The lowest BCUT2D eigenvalue weighted by Gasteiger charge is -2.18. The summed E-state index contributed by atoms with van der Waals surface area (Å²) in [7, 11) is 0. The van der Waals surface area contributed by atoms with Gasteiger partial charge in [-0.3, -0.25) is 5.43 Å². The molecule has 3 aromatic rings. The van der Waals surface area contributed by atoms with Gasteiger partial charge in [-0.2, -0.15) is 0 Å². The number of halogens is 2. The highest BCUT2D eigenvalue weighted by atomic mass is 35.5. The minimum atomic E-state index is -0.470. The third-order valence-electron chi connectivity index (χ3n) is 4.01. The molecule has 0 aliphatic carbocycles. The fraction of sp³-hybridized carbons (Fsp3) is 0.222. The lowest BCUT2D eigenvalue weighted by molar-refractivity contribution is -0.0385. The molecule has 0 bridgehead atoms. The van der Waals surface area contributed by atoms with Gasteiger partial charge < -0.3 is 14.9 Å². The summed E-state index contributed by atoms with van der Waals surface area (Å²) >= 11 is 5.82. The highest BCUT2D eigenvalue weighted by Gasteiger charge is 2.19. The summed E-state index contributed by atoms with van der Waals surface area (Å²) in [4.78, 5) is 8.30. The van der Waals surface area contributed by atoms with Crippen LogP contribution in [-0.4, -0.2) is 22.9 Å². The van der Waals surface area contributed by atoms with Crippen molar-refractivity contribution in [3.05, 3.63) is 53.7 Å². The predicted molar refractivity (Wildman–Crippen MR) is 97.8 cm³/mol. The van der Waals surface area contributed by atoms with Crippen LogP contribution in [0.15, 0.2) is 42.9 Å². The van der Waals surface area contributed by atoms with E-state index in [0.717, 1.165) is 23.7 Å². The van der Waals surface area contributed by atoms with Gasteiger partial charge in [-0.25, -0.2) is 14.4 Å². The highest BCUT2D eigenvalue weighted by molar-refractivity contribution is 6.31. The van der Waals surface area contributed by atoms with Gasteiger partial charge >= 0.3 is 0 Å². The summed E-state index contributed by atoms with van der Waals surface area (Å²) < 4.78 is 24.8. The lowest BCUT2D eigenvalue weighted by Crippen LogP contribution is -2.16. The number of hydrogen-bond donors (Lipinski definition) is 2. The highest BCUT2D eigenvalue weighted by Crippen LogP contribution is 2.32. The minimum absolute atomic E-state index is 0.0412. The lowest BCUT2D eigenvalue weighted by atomic mass is 10.2. The molecule has 4 rings (SSSR count). The summed E-state index contributed by atoms with van der Waals surface area (Å²) in [6, 6.07) is 8.08. The number of anilines is 2. The van der Waals surface area contributed by atoms with Crippen molar-refractivity contribution < 1.29 is 13.9 Å². The van der Waals surface area contributed by atoms with Crippen molar-refractivity contribution in [2.75, 3.05) is 17.5 Å². The molecule has 26 heavy (non-hydrogen) atoms. The third kappa shape index (κ3) is 3.63. The molecule has 8 heteroatoms. The summed E-state index contributed by atoms with van der Waals surface area (Å²) in [6.07, 6.45) is 4.73. The average Bonchev–Trinajstić information content (AvgIpc) is 3.16. The second kappa shape index (κ2) is 7.31. The second-order valence-electron chi connectivity index (χ2n) is 5.87. The Bertz CT molecular complexity index is 934. The zero-order valence-electron chi connectivity index (χ0n) is 13.7. The maximum Gasteiger partial charge on any atom is 0.200 e. The molecular weight excluding hydrogens is 359 g/mol. The van der Waals surface area contributed by atoms with E-state index in [9.17, 15) is 4.39 Å². The van der Waals surface area contributed by atoms with E-state index in [2.05, 4.69) is 20.8 Å². The van der Waals surface area contributed by atoms with Crippen LogP contribution in [0.4, 0.5) is 15.8 Å². The molecule has 1 aliphatic heterocycles. The molecular formula is C18H16ClFN4O2. The monoisotopic (exact) mass is 374 g/mol. The Morgan fingerprint density at radius 2 is 2.15 bits per heavy atom. The number of rotatable bonds is 5. The molecule has 1 aromatic heterocycles. The van der Waals surface area contributed by atoms with E-state index in [4.69, 9.17) is 21.1 Å². The molecule has 0 amide bonds. The van der Waals surface area contributed by atoms with Crippen molar-refractivity contribution in [3.63, 3.8) is 0 Å². The number of fused-ring (bicyclic) bond motifs is 1. The Hall–Kier alpha value is -2.64. The molecule has 2 N–H and O–H groups in total. The van der Waals surface area contributed by atoms with Crippen LogP contribution in [0, 0.1) is 5.82 Å². The van der Waals surface area contributed by atoms with Gasteiger partial charge in [0.2, 0.25) is 0 Å². The zero-order chi connectivity index (χ0) is 17.9. The molecule has 1 aliphatic rings. The van der Waals surface area contributed by atoms with Crippen LogP contribution in [0.5, 0.6) is 5.75 Å². The second-order valence-corrected chi connectivity index (χ2v) is 6.28. The van der Waals surface area contributed by atoms with E-state index in [1.807, 2.05) is 12.1 Å². The minimum Gasteiger partial charge on any atom is -0.463 e. The molecule has 0 spiro atoms. The number of hydrogen-bond acceptors (Lipinski definition) is 6. The van der Waals surface area contributed by atoms with Gasteiger partial charge in [-0.1, -0.05) is 11.6 Å². The van der Waals surface area contributed by atoms with Gasteiger partial charge in [0.25, 0.3) is 0 Å². The zero-order valence-corrected chi connectivity index (χ0v) is 14.5. The van der Waals surface area contributed by atoms with Crippen LogP contribution < -0.4 is 15.6 Å². The molecule has 0 unspecified atom stereocenters. The van der Waals surface area contributed by atoms with E-state index < -0.39 is 5.82 Å². The Morgan fingerprint density at radius 1 is 1.23 bits per heavy atom. The van der Waals surface area contributed by atoms with Gasteiger partial charge in [-0.05, 0) is 30.7 Å². The van der Waals surface area contributed by atoms with Crippen LogP contribution in [-0.2, 0) is 4.74 Å². The summed E-state index contributed by atoms with van der Waals surface area (Å²) in [5.41, 5.74) is 8.14. The fourth-order valence-corrected chi connectivity index (χ4v) is 2.88. The number of nitrogens with zero attached hydrogens (tertiary/aromatic N) is 2. The standard InChI is InChI=1S/C18H16ClFN4O2/c19-13-7-12(3-4-14(13)20)23-24-16-6-11-9-21-10-22-15(11)8-17(16)26-18-2-1-5-25-18/h3-4,6-10,18,23-24H,1-2,5H2/t18-/m0/s1. The Labute approximate surface area is 154 Å². The van der Waals surface area contributed by atoms with Gasteiger partial charge in [0, 0.05) is 24.1 Å². The van der Waals surface area contributed by atoms with Crippen LogP contribution in [0.1, 0.15) is 12.8 Å². The molecule has 1 saturated heterocycles. The maximum atomic E-state index is 13.3. The normalized spacial score (nSPS) is 16.6. The first kappa shape index (κ1) is 16.8. The van der Waals surface area contributed by atoms with E-state index in [-0.39, 0.29) is 11.3 Å². The molecule has 134 valence electrons. The van der Waals surface area contributed by atoms with Crippen LogP contribution in [0.3, 0.4) is 0 Å². The number of hydrazine groups is 1. The van der Waals surface area contributed by atoms with Crippen LogP contribution in [0.25, 0.3) is 10.9 Å². The SMILES string of the molecule is Fc1ccc(NNc2cc3cncnc3cc2O[C@H]2CCCO2)cc1Cl. The number of nitrogens with one attached hydrogen (secondary N) is 2. The van der Waals surface area contributed by atoms with Crippen molar-refractivity contribution in [2.24, 2.45) is 0 Å². The first-order chi connectivity index (χ1) is 12.7. The summed E-state index contributed by atoms with van der Waals surface area (Å²) in [5, 5.41) is 0.896. The molecule has 6 nitrogen and oxygen atoms in total. The van der Waals surface area contributed by atoms with E-state index in [0.29, 0.717) is 23.7 Å². The average molecular weight is 375 g/mol. The molecule has 1 atom stereocenters. The summed E-state index contributed by atoms with van der Waals surface area (Å²) in [6.45, 7) is 0.690. The Balaban J connectivity index is 1.61. The molecule has 1 fully saturated rings. The smallest absolute Gasteiger partial charge is 0.200 e. The third-order valence-corrected chi connectivity index (χ3v) is 4.30. The van der Waals surface area contributed by atoms with Crippen molar-refractivity contribution in [2.45, 2.75) is 19.1 Å². The van der Waals surface area contributed by atoms with Gasteiger partial charge in [0.1, 0.15) is 17.9 Å². The Kier molecular flexibility index (Phi) is 4.73. The summed E-state index contributed by atoms with van der Waals surface area (Å²) in [5.74, 6) is 0.131. The predicted octanol–water partition coefficient (Wildman–Crippen LogP) is 4.38. The van der Waals surface area contributed by atoms with Crippen molar-refractivity contribution in [3.8, 4) is 5.75 Å². The number of aromatic nitrogens is 2. The van der Waals surface area contributed by atoms with Crippen LogP contribution >= 0.6 is 11.6 Å². The molecule has 0 saturated carbocycles. The van der Waals surface area contributed by atoms with Gasteiger partial charge in [0.15, 0.2) is 6.29 Å². The van der Waals surface area contributed by atoms with Gasteiger partial charge in [-0.15, -0.1) is 0 Å². The molecule has 0 radical (unpaired) electrons. The Morgan fingerprint density at radius 3 is 2.96 bits per heavy atom. The quantitative estimate of drug-likeness (QED) is 0.646. The van der Waals surface area contributed by atoms with Gasteiger partial charge in [0.05, 0.1) is 28.5 Å². The maximum absolute atomic E-state index is 13.3. The molecule has 2 heterocycles.